The van der Waals surface area contributed by atoms with Crippen LogP contribution in [-0.4, -0.2) is 81.5 Å². The van der Waals surface area contributed by atoms with Gasteiger partial charge in [0.1, 0.15) is 5.60 Å². The number of nitrogens with one attached hydrogen (secondary N) is 2. The molecule has 3 heterocycles. The summed E-state index contributed by atoms with van der Waals surface area (Å²) < 4.78 is 11.6. The van der Waals surface area contributed by atoms with Gasteiger partial charge in [0, 0.05) is 44.0 Å². The summed E-state index contributed by atoms with van der Waals surface area (Å²) in [4.78, 5) is 28.4. The van der Waals surface area contributed by atoms with Gasteiger partial charge < -0.3 is 25.0 Å². The minimum atomic E-state index is -0.489. The predicted octanol–water partition coefficient (Wildman–Crippen LogP) is 0.0472. The number of benzene rings is 1. The zero-order chi connectivity index (χ0) is 18.0. The van der Waals surface area contributed by atoms with Crippen molar-refractivity contribution >= 4 is 17.6 Å². The number of hydrogen-bond donors (Lipinski definition) is 2. The SMILES string of the molecule is O=C(c1cccc(N2CCNC2=O)c1)N1CCO[C@]2(CNCCOC2)C1. The Kier molecular flexibility index (Phi) is 4.80. The van der Waals surface area contributed by atoms with Crippen LogP contribution in [-0.2, 0) is 9.47 Å². The molecule has 140 valence electrons. The van der Waals surface area contributed by atoms with Crippen molar-refractivity contribution in [2.75, 3.05) is 64.0 Å². The Bertz CT molecular complexity index is 688. The van der Waals surface area contributed by atoms with E-state index in [4.69, 9.17) is 9.47 Å². The predicted molar refractivity (Wildman–Crippen MR) is 95.5 cm³/mol. The average Bonchev–Trinajstić information content (AvgIpc) is 2.98. The molecule has 3 amide bonds. The van der Waals surface area contributed by atoms with E-state index in [-0.39, 0.29) is 11.9 Å². The maximum atomic E-state index is 13.1. The number of hydrogen-bond acceptors (Lipinski definition) is 5. The van der Waals surface area contributed by atoms with E-state index in [0.717, 1.165) is 12.2 Å². The van der Waals surface area contributed by atoms with Crippen molar-refractivity contribution in [3.63, 3.8) is 0 Å². The Balaban J connectivity index is 1.51. The molecular weight excluding hydrogens is 336 g/mol. The zero-order valence-corrected chi connectivity index (χ0v) is 14.7. The van der Waals surface area contributed by atoms with Crippen LogP contribution >= 0.6 is 0 Å². The molecule has 0 saturated carbocycles. The van der Waals surface area contributed by atoms with Crippen molar-refractivity contribution in [3.8, 4) is 0 Å². The maximum Gasteiger partial charge on any atom is 0.321 e. The molecule has 0 bridgehead atoms. The molecule has 8 heteroatoms. The van der Waals surface area contributed by atoms with Crippen LogP contribution in [0.4, 0.5) is 10.5 Å². The van der Waals surface area contributed by atoms with Gasteiger partial charge in [-0.1, -0.05) is 6.07 Å². The van der Waals surface area contributed by atoms with Gasteiger partial charge in [0.05, 0.1) is 26.4 Å². The number of nitrogens with zero attached hydrogens (tertiary/aromatic N) is 2. The van der Waals surface area contributed by atoms with Crippen molar-refractivity contribution in [3.05, 3.63) is 29.8 Å². The number of ether oxygens (including phenoxy) is 2. The lowest BCUT2D eigenvalue weighted by atomic mass is 10.0. The van der Waals surface area contributed by atoms with E-state index in [9.17, 15) is 9.59 Å². The van der Waals surface area contributed by atoms with E-state index >= 15 is 0 Å². The summed E-state index contributed by atoms with van der Waals surface area (Å²) in [5.74, 6) is -0.0432. The van der Waals surface area contributed by atoms with Crippen LogP contribution in [0.2, 0.25) is 0 Å². The number of carbonyl (C=O) groups is 2. The lowest BCUT2D eigenvalue weighted by Crippen LogP contribution is -2.59. The first kappa shape index (κ1) is 17.3. The molecule has 0 aromatic heterocycles. The first-order valence-electron chi connectivity index (χ1n) is 9.04. The van der Waals surface area contributed by atoms with Gasteiger partial charge in [0.15, 0.2) is 0 Å². The van der Waals surface area contributed by atoms with Crippen LogP contribution in [0.5, 0.6) is 0 Å². The molecule has 0 aliphatic carbocycles. The molecule has 1 aromatic carbocycles. The van der Waals surface area contributed by atoms with Crippen LogP contribution < -0.4 is 15.5 Å². The topological polar surface area (TPSA) is 83.1 Å². The minimum absolute atomic E-state index is 0.0432. The van der Waals surface area contributed by atoms with Crippen molar-refractivity contribution in [1.82, 2.24) is 15.5 Å². The first-order chi connectivity index (χ1) is 12.7. The molecule has 3 saturated heterocycles. The van der Waals surface area contributed by atoms with E-state index in [1.165, 1.54) is 0 Å². The lowest BCUT2D eigenvalue weighted by Gasteiger charge is -2.41. The van der Waals surface area contributed by atoms with E-state index < -0.39 is 5.60 Å². The summed E-state index contributed by atoms with van der Waals surface area (Å²) in [5, 5.41) is 6.10. The summed E-state index contributed by atoms with van der Waals surface area (Å²) in [6.45, 7) is 5.37. The van der Waals surface area contributed by atoms with Crippen LogP contribution in [0.3, 0.4) is 0 Å². The lowest BCUT2D eigenvalue weighted by molar-refractivity contribution is -0.125. The molecule has 3 fully saturated rings. The van der Waals surface area contributed by atoms with Crippen LogP contribution in [0.1, 0.15) is 10.4 Å². The third-order valence-corrected chi connectivity index (χ3v) is 5.03. The van der Waals surface area contributed by atoms with Gasteiger partial charge >= 0.3 is 6.03 Å². The molecule has 1 aromatic rings. The van der Waals surface area contributed by atoms with E-state index in [1.54, 1.807) is 17.0 Å². The highest BCUT2D eigenvalue weighted by molar-refractivity contribution is 5.98. The standard InChI is InChI=1S/C18H24N4O4/c23-16(14-2-1-3-15(10-14)22-6-4-20-17(22)24)21-7-9-26-18(12-21)11-19-5-8-25-13-18/h1-3,10,19H,4-9,11-13H2,(H,20,24)/t18-/m1/s1. The molecule has 3 aliphatic rings. The number of rotatable bonds is 2. The smallest absolute Gasteiger partial charge is 0.321 e. The number of carbonyl (C=O) groups excluding carboxylic acids is 2. The van der Waals surface area contributed by atoms with Gasteiger partial charge in [0.25, 0.3) is 5.91 Å². The Morgan fingerprint density at radius 1 is 1.19 bits per heavy atom. The summed E-state index contributed by atoms with van der Waals surface area (Å²) in [6, 6.07) is 7.13. The quantitative estimate of drug-likeness (QED) is 0.779. The van der Waals surface area contributed by atoms with Crippen LogP contribution in [0, 0.1) is 0 Å². The molecule has 0 unspecified atom stereocenters. The van der Waals surface area contributed by atoms with Gasteiger partial charge in [-0.05, 0) is 18.2 Å². The highest BCUT2D eigenvalue weighted by atomic mass is 16.5. The second kappa shape index (κ2) is 7.22. The normalized spacial score (nSPS) is 26.7. The molecule has 0 radical (unpaired) electrons. The maximum absolute atomic E-state index is 13.1. The highest BCUT2D eigenvalue weighted by Crippen LogP contribution is 2.23. The Morgan fingerprint density at radius 2 is 2.12 bits per heavy atom. The van der Waals surface area contributed by atoms with Crippen LogP contribution in [0.15, 0.2) is 24.3 Å². The van der Waals surface area contributed by atoms with Gasteiger partial charge in [-0.15, -0.1) is 0 Å². The third-order valence-electron chi connectivity index (χ3n) is 5.03. The summed E-state index contributed by atoms with van der Waals surface area (Å²) in [5.41, 5.74) is 0.840. The second-order valence-corrected chi connectivity index (χ2v) is 6.92. The fourth-order valence-electron chi connectivity index (χ4n) is 3.69. The summed E-state index contributed by atoms with van der Waals surface area (Å²) in [6.07, 6.45) is 0. The molecule has 1 spiro atoms. The molecule has 2 N–H and O–H groups in total. The number of urea groups is 1. The van der Waals surface area contributed by atoms with Crippen molar-refractivity contribution in [2.45, 2.75) is 5.60 Å². The average molecular weight is 360 g/mol. The molecule has 4 rings (SSSR count). The van der Waals surface area contributed by atoms with Gasteiger partial charge in [0.2, 0.25) is 0 Å². The minimum Gasteiger partial charge on any atom is -0.377 e. The van der Waals surface area contributed by atoms with Gasteiger partial charge in [-0.2, -0.15) is 0 Å². The Labute approximate surface area is 152 Å². The largest absolute Gasteiger partial charge is 0.377 e. The fourth-order valence-corrected chi connectivity index (χ4v) is 3.69. The Morgan fingerprint density at radius 3 is 2.96 bits per heavy atom. The monoisotopic (exact) mass is 360 g/mol. The first-order valence-corrected chi connectivity index (χ1v) is 9.04. The number of morpholine rings is 1. The van der Waals surface area contributed by atoms with Gasteiger partial charge in [-0.25, -0.2) is 4.79 Å². The molecule has 1 atom stereocenters. The third kappa shape index (κ3) is 3.40. The van der Waals surface area contributed by atoms with Gasteiger partial charge in [-0.3, -0.25) is 9.69 Å². The van der Waals surface area contributed by atoms with E-state index in [0.29, 0.717) is 58.1 Å². The second-order valence-electron chi connectivity index (χ2n) is 6.92. The number of amides is 3. The van der Waals surface area contributed by atoms with Crippen molar-refractivity contribution in [1.29, 1.82) is 0 Å². The summed E-state index contributed by atoms with van der Waals surface area (Å²) in [7, 11) is 0. The zero-order valence-electron chi connectivity index (χ0n) is 14.7. The number of anilines is 1. The summed E-state index contributed by atoms with van der Waals surface area (Å²) >= 11 is 0. The Hall–Kier alpha value is -2.16. The van der Waals surface area contributed by atoms with Crippen molar-refractivity contribution in [2.24, 2.45) is 0 Å². The van der Waals surface area contributed by atoms with E-state index in [2.05, 4.69) is 10.6 Å². The molecule has 3 aliphatic heterocycles. The highest BCUT2D eigenvalue weighted by Gasteiger charge is 2.39. The molecular formula is C18H24N4O4. The van der Waals surface area contributed by atoms with Crippen LogP contribution in [0.25, 0.3) is 0 Å². The van der Waals surface area contributed by atoms with E-state index in [1.807, 2.05) is 17.0 Å². The molecule has 26 heavy (non-hydrogen) atoms. The molecule has 8 nitrogen and oxygen atoms in total. The van der Waals surface area contributed by atoms with Crippen molar-refractivity contribution < 1.29 is 19.1 Å². The fraction of sp³-hybridized carbons (Fsp3) is 0.556.